The van der Waals surface area contributed by atoms with Crippen LogP contribution in [0.1, 0.15) is 32.2 Å². The van der Waals surface area contributed by atoms with Crippen LogP contribution in [0.25, 0.3) is 11.5 Å². The Morgan fingerprint density at radius 2 is 1.76 bits per heavy atom. The summed E-state index contributed by atoms with van der Waals surface area (Å²) in [5.41, 5.74) is 2.28. The zero-order chi connectivity index (χ0) is 12.5. The van der Waals surface area contributed by atoms with Crippen LogP contribution in [0, 0.1) is 12.3 Å². The lowest BCUT2D eigenvalue weighted by atomic mass is 9.87. The molecule has 1 aromatic carbocycles. The van der Waals surface area contributed by atoms with Crippen molar-refractivity contribution in [3.63, 3.8) is 0 Å². The van der Waals surface area contributed by atoms with Crippen LogP contribution in [0.3, 0.4) is 0 Å². The fourth-order valence-corrected chi connectivity index (χ4v) is 1.51. The third-order valence-corrected chi connectivity index (χ3v) is 2.55. The second-order valence-corrected chi connectivity index (χ2v) is 4.88. The Bertz CT molecular complexity index is 553. The van der Waals surface area contributed by atoms with Crippen LogP contribution in [0.15, 0.2) is 28.7 Å². The first-order valence-corrected chi connectivity index (χ1v) is 5.42. The van der Waals surface area contributed by atoms with E-state index in [4.69, 9.17) is 10.8 Å². The summed E-state index contributed by atoms with van der Waals surface area (Å²) in [5, 5.41) is 7.62. The molecule has 1 heterocycles. The lowest BCUT2D eigenvalue weighted by Crippen LogP contribution is -2.10. The van der Waals surface area contributed by atoms with Crippen molar-refractivity contribution < 1.29 is 4.42 Å². The van der Waals surface area contributed by atoms with Gasteiger partial charge in [0.05, 0.1) is 0 Å². The van der Waals surface area contributed by atoms with Crippen molar-refractivity contribution >= 4 is 0 Å². The molecule has 0 aliphatic rings. The minimum atomic E-state index is 0.136. The van der Waals surface area contributed by atoms with Gasteiger partial charge in [-0.05, 0) is 29.0 Å². The lowest BCUT2D eigenvalue weighted by Gasteiger charge is -2.18. The first kappa shape index (κ1) is 11.4. The summed E-state index contributed by atoms with van der Waals surface area (Å²) in [4.78, 5) is 0. The van der Waals surface area contributed by atoms with Crippen molar-refractivity contribution in [2.45, 2.75) is 26.2 Å². The van der Waals surface area contributed by atoms with E-state index in [1.807, 2.05) is 12.1 Å². The highest BCUT2D eigenvalue weighted by Crippen LogP contribution is 2.25. The highest BCUT2D eigenvalue weighted by molar-refractivity contribution is 5.53. The maximum absolute atomic E-state index is 5.29. The van der Waals surface area contributed by atoms with Crippen LogP contribution in [0.2, 0.25) is 0 Å². The summed E-state index contributed by atoms with van der Waals surface area (Å²) in [6.45, 7) is 6.52. The van der Waals surface area contributed by atoms with E-state index >= 15 is 0 Å². The van der Waals surface area contributed by atoms with Crippen LogP contribution in [0.5, 0.6) is 0 Å². The molecular weight excluding hydrogens is 212 g/mol. The molecule has 0 aliphatic heterocycles. The smallest absolute Gasteiger partial charge is 0.293 e. The molecule has 0 aliphatic carbocycles. The second kappa shape index (κ2) is 4.06. The standard InChI is InChI=1S/C14H14N2O/c1-5-12-15-16-13(17-12)10-6-8-11(9-7-10)14(2,3)4/h1,6-9H,2-4H3. The number of benzene rings is 1. The van der Waals surface area contributed by atoms with Crippen molar-refractivity contribution in [2.75, 3.05) is 0 Å². The van der Waals surface area contributed by atoms with E-state index in [9.17, 15) is 0 Å². The molecule has 2 rings (SSSR count). The van der Waals surface area contributed by atoms with Crippen LogP contribution in [-0.4, -0.2) is 10.2 Å². The Kier molecular flexibility index (Phi) is 2.72. The first-order chi connectivity index (χ1) is 8.00. The summed E-state index contributed by atoms with van der Waals surface area (Å²) in [6.07, 6.45) is 5.18. The second-order valence-electron chi connectivity index (χ2n) is 4.88. The first-order valence-electron chi connectivity index (χ1n) is 5.42. The van der Waals surface area contributed by atoms with Crippen LogP contribution in [-0.2, 0) is 5.41 Å². The molecule has 17 heavy (non-hydrogen) atoms. The van der Waals surface area contributed by atoms with Gasteiger partial charge in [0.15, 0.2) is 0 Å². The third kappa shape index (κ3) is 2.36. The highest BCUT2D eigenvalue weighted by atomic mass is 16.4. The van der Waals surface area contributed by atoms with Crippen molar-refractivity contribution in [1.82, 2.24) is 10.2 Å². The Labute approximate surface area is 101 Å². The van der Waals surface area contributed by atoms with Gasteiger partial charge < -0.3 is 4.42 Å². The van der Waals surface area contributed by atoms with E-state index < -0.39 is 0 Å². The maximum atomic E-state index is 5.29. The van der Waals surface area contributed by atoms with E-state index in [-0.39, 0.29) is 11.3 Å². The molecule has 0 saturated carbocycles. The fourth-order valence-electron chi connectivity index (χ4n) is 1.51. The Hall–Kier alpha value is -2.08. The van der Waals surface area contributed by atoms with Gasteiger partial charge in [-0.3, -0.25) is 0 Å². The molecule has 3 heteroatoms. The molecule has 0 fully saturated rings. The van der Waals surface area contributed by atoms with Gasteiger partial charge in [0.2, 0.25) is 5.89 Å². The molecule has 3 nitrogen and oxygen atoms in total. The molecule has 0 spiro atoms. The molecule has 0 bridgehead atoms. The van der Waals surface area contributed by atoms with Crippen LogP contribution in [0.4, 0.5) is 0 Å². The zero-order valence-electron chi connectivity index (χ0n) is 10.2. The van der Waals surface area contributed by atoms with Gasteiger partial charge in [0.1, 0.15) is 0 Å². The van der Waals surface area contributed by atoms with Crippen LogP contribution >= 0.6 is 0 Å². The van der Waals surface area contributed by atoms with Gasteiger partial charge in [0.25, 0.3) is 5.89 Å². The molecular formula is C14H14N2O. The Morgan fingerprint density at radius 3 is 2.24 bits per heavy atom. The van der Waals surface area contributed by atoms with Gasteiger partial charge in [-0.25, -0.2) is 0 Å². The summed E-state index contributed by atoms with van der Waals surface area (Å²) in [6, 6.07) is 8.06. The summed E-state index contributed by atoms with van der Waals surface area (Å²) >= 11 is 0. The Morgan fingerprint density at radius 1 is 1.12 bits per heavy atom. The highest BCUT2D eigenvalue weighted by Gasteiger charge is 2.14. The van der Waals surface area contributed by atoms with Crippen molar-refractivity contribution in [3.8, 4) is 23.8 Å². The van der Waals surface area contributed by atoms with E-state index in [2.05, 4.69) is 49.0 Å². The minimum absolute atomic E-state index is 0.136. The number of hydrogen-bond donors (Lipinski definition) is 0. The molecule has 86 valence electrons. The predicted molar refractivity (Wildman–Crippen MR) is 66.4 cm³/mol. The third-order valence-electron chi connectivity index (χ3n) is 2.55. The normalized spacial score (nSPS) is 11.2. The average Bonchev–Trinajstić information content (AvgIpc) is 2.76. The van der Waals surface area contributed by atoms with Gasteiger partial charge in [-0.2, -0.15) is 0 Å². The number of rotatable bonds is 1. The number of terminal acetylenes is 1. The van der Waals surface area contributed by atoms with Crippen molar-refractivity contribution in [2.24, 2.45) is 0 Å². The molecule has 0 N–H and O–H groups in total. The molecule has 0 saturated heterocycles. The number of aromatic nitrogens is 2. The molecule has 0 atom stereocenters. The lowest BCUT2D eigenvalue weighted by molar-refractivity contribution is 0.554. The summed E-state index contributed by atoms with van der Waals surface area (Å²) < 4.78 is 5.29. The zero-order valence-corrected chi connectivity index (χ0v) is 10.2. The quantitative estimate of drug-likeness (QED) is 0.701. The van der Waals surface area contributed by atoms with E-state index in [1.54, 1.807) is 0 Å². The van der Waals surface area contributed by atoms with E-state index in [0.29, 0.717) is 5.89 Å². The van der Waals surface area contributed by atoms with Gasteiger partial charge in [-0.15, -0.1) is 11.5 Å². The minimum Gasteiger partial charge on any atom is -0.410 e. The monoisotopic (exact) mass is 226 g/mol. The van der Waals surface area contributed by atoms with Gasteiger partial charge in [-0.1, -0.05) is 38.0 Å². The molecule has 2 aromatic rings. The number of nitrogens with zero attached hydrogens (tertiary/aromatic N) is 2. The van der Waals surface area contributed by atoms with Gasteiger partial charge >= 0.3 is 0 Å². The predicted octanol–water partition coefficient (Wildman–Crippen LogP) is 3.02. The van der Waals surface area contributed by atoms with E-state index in [0.717, 1.165) is 5.56 Å². The average molecular weight is 226 g/mol. The fraction of sp³-hybridized carbons (Fsp3) is 0.286. The SMILES string of the molecule is C#Cc1nnc(-c2ccc(C(C)(C)C)cc2)o1. The van der Waals surface area contributed by atoms with E-state index in [1.165, 1.54) is 5.56 Å². The summed E-state index contributed by atoms with van der Waals surface area (Å²) in [5.74, 6) is 2.98. The number of hydrogen-bond acceptors (Lipinski definition) is 3. The summed E-state index contributed by atoms with van der Waals surface area (Å²) in [7, 11) is 0. The Balaban J connectivity index is 2.33. The van der Waals surface area contributed by atoms with Crippen molar-refractivity contribution in [3.05, 3.63) is 35.7 Å². The largest absolute Gasteiger partial charge is 0.410 e. The van der Waals surface area contributed by atoms with Crippen LogP contribution < -0.4 is 0 Å². The molecule has 1 aromatic heterocycles. The van der Waals surface area contributed by atoms with Crippen molar-refractivity contribution in [1.29, 1.82) is 0 Å². The van der Waals surface area contributed by atoms with Gasteiger partial charge in [0, 0.05) is 5.56 Å². The molecule has 0 radical (unpaired) electrons. The molecule has 0 unspecified atom stereocenters. The molecule has 0 amide bonds. The maximum Gasteiger partial charge on any atom is 0.293 e. The topological polar surface area (TPSA) is 38.9 Å².